The second-order valence-corrected chi connectivity index (χ2v) is 9.53. The summed E-state index contributed by atoms with van der Waals surface area (Å²) in [5, 5.41) is 9.59. The molecule has 0 saturated heterocycles. The molecule has 0 aliphatic heterocycles. The number of alkyl halides is 3. The SMILES string of the molecule is COCc1cccc(NC(=O)Cn2c(=O)n(C)c3c(-c4cc(F)c(OCC(N)=NC=N)c(OC)c4)cc(C(F)(F)F)cc32)c1. The molecule has 0 spiro atoms. The summed E-state index contributed by atoms with van der Waals surface area (Å²) >= 11 is 0. The minimum Gasteiger partial charge on any atom is -0.493 e. The van der Waals surface area contributed by atoms with E-state index in [1.54, 1.807) is 24.3 Å². The van der Waals surface area contributed by atoms with Crippen molar-refractivity contribution in [1.29, 1.82) is 5.41 Å². The van der Waals surface area contributed by atoms with E-state index in [0.29, 0.717) is 18.6 Å². The Hall–Kier alpha value is -5.18. The van der Waals surface area contributed by atoms with E-state index >= 15 is 4.39 Å². The van der Waals surface area contributed by atoms with Crippen molar-refractivity contribution in [2.24, 2.45) is 17.8 Å². The van der Waals surface area contributed by atoms with Crippen molar-refractivity contribution in [3.05, 3.63) is 76.0 Å². The summed E-state index contributed by atoms with van der Waals surface area (Å²) in [5.41, 5.74) is 4.50. The van der Waals surface area contributed by atoms with E-state index in [1.165, 1.54) is 27.3 Å². The van der Waals surface area contributed by atoms with E-state index in [0.717, 1.165) is 32.9 Å². The lowest BCUT2D eigenvalue weighted by molar-refractivity contribution is -0.137. The van der Waals surface area contributed by atoms with Gasteiger partial charge >= 0.3 is 11.9 Å². The van der Waals surface area contributed by atoms with Crippen molar-refractivity contribution in [3.8, 4) is 22.6 Å². The molecule has 0 unspecified atom stereocenters. The number of nitrogens with two attached hydrogens (primary N) is 1. The molecule has 1 heterocycles. The van der Waals surface area contributed by atoms with Gasteiger partial charge in [0.15, 0.2) is 17.3 Å². The number of halogens is 4. The van der Waals surface area contributed by atoms with Crippen molar-refractivity contribution in [2.45, 2.75) is 19.3 Å². The number of benzene rings is 3. The zero-order valence-corrected chi connectivity index (χ0v) is 23.8. The number of aromatic nitrogens is 2. The molecule has 4 rings (SSSR count). The lowest BCUT2D eigenvalue weighted by Gasteiger charge is -2.16. The molecule has 1 aromatic heterocycles. The minimum absolute atomic E-state index is 0.0235. The number of anilines is 1. The number of rotatable bonds is 11. The summed E-state index contributed by atoms with van der Waals surface area (Å²) in [6.45, 7) is -0.707. The van der Waals surface area contributed by atoms with Crippen LogP contribution in [-0.2, 0) is 35.9 Å². The maximum Gasteiger partial charge on any atom is 0.416 e. The third-order valence-electron chi connectivity index (χ3n) is 6.52. The van der Waals surface area contributed by atoms with Gasteiger partial charge in [0, 0.05) is 25.4 Å². The standard InChI is InChI=1S/C29H28F4N6O5/c1-38-26-20(17-8-21(30)27(23(9-17)43-3)44-14-24(35)36-15-34)10-18(29(31,32)33)11-22(26)39(28(38)41)12-25(40)37-19-6-4-5-16(7-19)13-42-2/h4-11,15H,12-14H2,1-3H3,(H,37,40)(H3,34,35,36). The van der Waals surface area contributed by atoms with E-state index in [9.17, 15) is 22.8 Å². The van der Waals surface area contributed by atoms with E-state index in [1.807, 2.05) is 0 Å². The van der Waals surface area contributed by atoms with Crippen LogP contribution in [0.4, 0.5) is 23.2 Å². The Morgan fingerprint density at radius 2 is 1.91 bits per heavy atom. The molecule has 0 aliphatic carbocycles. The molecule has 232 valence electrons. The van der Waals surface area contributed by atoms with E-state index in [-0.39, 0.29) is 39.5 Å². The van der Waals surface area contributed by atoms with Crippen LogP contribution in [0.15, 0.2) is 58.3 Å². The molecular formula is C29H28F4N6O5. The molecule has 44 heavy (non-hydrogen) atoms. The van der Waals surface area contributed by atoms with Crippen molar-refractivity contribution in [2.75, 3.05) is 26.1 Å². The molecule has 4 N–H and O–H groups in total. The van der Waals surface area contributed by atoms with Gasteiger partial charge in [-0.15, -0.1) is 0 Å². The molecule has 15 heteroatoms. The number of amidine groups is 1. The number of carbonyl (C=O) groups is 1. The van der Waals surface area contributed by atoms with E-state index in [2.05, 4.69) is 10.3 Å². The van der Waals surface area contributed by atoms with E-state index in [4.69, 9.17) is 25.4 Å². The Bertz CT molecular complexity index is 1810. The van der Waals surface area contributed by atoms with Crippen LogP contribution < -0.4 is 26.2 Å². The number of nitrogens with one attached hydrogen (secondary N) is 2. The second kappa shape index (κ2) is 13.0. The minimum atomic E-state index is -4.85. The van der Waals surface area contributed by atoms with Gasteiger partial charge in [0.1, 0.15) is 25.3 Å². The van der Waals surface area contributed by atoms with Gasteiger partial charge in [0.2, 0.25) is 5.91 Å². The Balaban J connectivity index is 1.82. The number of ether oxygens (including phenoxy) is 3. The van der Waals surface area contributed by atoms with Crippen LogP contribution in [0.25, 0.3) is 22.2 Å². The molecule has 0 bridgehead atoms. The number of aliphatic imine (C=N–C) groups is 1. The number of carbonyl (C=O) groups excluding carboxylic acids is 1. The largest absolute Gasteiger partial charge is 0.493 e. The first kappa shape index (κ1) is 31.7. The summed E-state index contributed by atoms with van der Waals surface area (Å²) < 4.78 is 75.2. The number of aryl methyl sites for hydroxylation is 1. The fourth-order valence-electron chi connectivity index (χ4n) is 4.63. The maximum atomic E-state index is 15.3. The van der Waals surface area contributed by atoms with Gasteiger partial charge < -0.3 is 25.3 Å². The van der Waals surface area contributed by atoms with Crippen LogP contribution in [0.5, 0.6) is 11.5 Å². The van der Waals surface area contributed by atoms with Gasteiger partial charge in [0.05, 0.1) is 30.3 Å². The van der Waals surface area contributed by atoms with Gasteiger partial charge in [-0.1, -0.05) is 12.1 Å². The summed E-state index contributed by atoms with van der Waals surface area (Å²) in [4.78, 5) is 29.8. The molecule has 0 fully saturated rings. The number of fused-ring (bicyclic) bond motifs is 1. The lowest BCUT2D eigenvalue weighted by atomic mass is 9.99. The third kappa shape index (κ3) is 6.72. The Kier molecular flexibility index (Phi) is 9.37. The summed E-state index contributed by atoms with van der Waals surface area (Å²) in [5.74, 6) is -2.35. The van der Waals surface area contributed by atoms with Gasteiger partial charge in [-0.05, 0) is 47.5 Å². The predicted octanol–water partition coefficient (Wildman–Crippen LogP) is 4.30. The number of nitrogens with zero attached hydrogens (tertiary/aromatic N) is 3. The molecule has 4 aromatic rings. The topological polar surface area (TPSA) is 146 Å². The highest BCUT2D eigenvalue weighted by Gasteiger charge is 2.33. The van der Waals surface area contributed by atoms with Crippen molar-refractivity contribution in [1.82, 2.24) is 9.13 Å². The highest BCUT2D eigenvalue weighted by atomic mass is 19.4. The Labute approximate surface area is 248 Å². The molecule has 0 saturated carbocycles. The molecular weight excluding hydrogens is 588 g/mol. The number of imidazole rings is 1. The van der Waals surface area contributed by atoms with Crippen molar-refractivity contribution in [3.63, 3.8) is 0 Å². The third-order valence-corrected chi connectivity index (χ3v) is 6.52. The van der Waals surface area contributed by atoms with Crippen molar-refractivity contribution < 1.29 is 36.6 Å². The molecule has 1 amide bonds. The molecule has 0 radical (unpaired) electrons. The summed E-state index contributed by atoms with van der Waals surface area (Å²) in [6.07, 6.45) is -4.17. The summed E-state index contributed by atoms with van der Waals surface area (Å²) in [7, 11) is 4.06. The first-order valence-corrected chi connectivity index (χ1v) is 12.9. The van der Waals surface area contributed by atoms with Crippen LogP contribution in [0.3, 0.4) is 0 Å². The number of amides is 1. The molecule has 3 aromatic carbocycles. The first-order valence-electron chi connectivity index (χ1n) is 12.9. The van der Waals surface area contributed by atoms with Crippen LogP contribution in [0.2, 0.25) is 0 Å². The highest BCUT2D eigenvalue weighted by Crippen LogP contribution is 2.41. The normalized spacial score (nSPS) is 11.9. The highest BCUT2D eigenvalue weighted by molar-refractivity contribution is 5.96. The summed E-state index contributed by atoms with van der Waals surface area (Å²) in [6, 6.07) is 10.5. The van der Waals surface area contributed by atoms with Gasteiger partial charge in [-0.25, -0.2) is 14.2 Å². The van der Waals surface area contributed by atoms with Crippen LogP contribution >= 0.6 is 0 Å². The predicted molar refractivity (Wildman–Crippen MR) is 156 cm³/mol. The van der Waals surface area contributed by atoms with E-state index < -0.39 is 42.3 Å². The number of hydrogen-bond donors (Lipinski definition) is 3. The molecule has 0 atom stereocenters. The van der Waals surface area contributed by atoms with Crippen LogP contribution in [0, 0.1) is 11.2 Å². The first-order chi connectivity index (χ1) is 20.9. The van der Waals surface area contributed by atoms with Gasteiger partial charge in [-0.3, -0.25) is 19.3 Å². The fourth-order valence-corrected chi connectivity index (χ4v) is 4.63. The lowest BCUT2D eigenvalue weighted by Crippen LogP contribution is -2.28. The van der Waals surface area contributed by atoms with Gasteiger partial charge in [-0.2, -0.15) is 13.2 Å². The van der Waals surface area contributed by atoms with Crippen molar-refractivity contribution >= 4 is 34.8 Å². The number of hydrogen-bond acceptors (Lipinski definition) is 6. The fraction of sp³-hybridized carbons (Fsp3) is 0.241. The Morgan fingerprint density at radius 3 is 2.57 bits per heavy atom. The zero-order valence-electron chi connectivity index (χ0n) is 23.8. The second-order valence-electron chi connectivity index (χ2n) is 9.53. The van der Waals surface area contributed by atoms with Gasteiger partial charge in [0.25, 0.3) is 0 Å². The average Bonchev–Trinajstić information content (AvgIpc) is 3.20. The monoisotopic (exact) mass is 616 g/mol. The average molecular weight is 617 g/mol. The smallest absolute Gasteiger partial charge is 0.416 e. The van der Waals surface area contributed by atoms with Crippen LogP contribution in [0.1, 0.15) is 11.1 Å². The Morgan fingerprint density at radius 1 is 1.16 bits per heavy atom. The zero-order chi connectivity index (χ0) is 32.2. The van der Waals surface area contributed by atoms with Crippen LogP contribution in [-0.4, -0.2) is 48.0 Å². The maximum absolute atomic E-state index is 15.3. The quantitative estimate of drug-likeness (QED) is 0.130. The number of methoxy groups -OCH3 is 2. The molecule has 11 nitrogen and oxygen atoms in total. The molecule has 0 aliphatic rings.